The molecule has 2 unspecified atom stereocenters. The Hall–Kier alpha value is -1.03. The van der Waals surface area contributed by atoms with Gasteiger partial charge in [-0.1, -0.05) is 13.0 Å². The van der Waals surface area contributed by atoms with Gasteiger partial charge in [-0.15, -0.1) is 11.3 Å². The standard InChI is InChI=1S/C13H20N2OS/c1-3-10(2)14-13(16)15-8-4-6-11(15)12-7-5-9-17-12/h5,7,9-11H,3-4,6,8H2,1-2H3,(H,14,16). The molecule has 1 aromatic rings. The average Bonchev–Trinajstić information content (AvgIpc) is 2.98. The lowest BCUT2D eigenvalue weighted by Crippen LogP contribution is -2.43. The van der Waals surface area contributed by atoms with Crippen LogP contribution in [0.4, 0.5) is 4.79 Å². The maximum absolute atomic E-state index is 12.1. The van der Waals surface area contributed by atoms with Crippen LogP contribution in [0.5, 0.6) is 0 Å². The zero-order valence-electron chi connectivity index (χ0n) is 10.5. The van der Waals surface area contributed by atoms with Gasteiger partial charge in [-0.3, -0.25) is 0 Å². The van der Waals surface area contributed by atoms with Crippen molar-refractivity contribution in [3.63, 3.8) is 0 Å². The fraction of sp³-hybridized carbons (Fsp3) is 0.615. The molecular weight excluding hydrogens is 232 g/mol. The molecule has 0 aliphatic carbocycles. The van der Waals surface area contributed by atoms with Gasteiger partial charge in [0, 0.05) is 17.5 Å². The first-order valence-electron chi connectivity index (χ1n) is 6.33. The second kappa shape index (κ2) is 5.54. The minimum Gasteiger partial charge on any atom is -0.336 e. The normalized spacial score (nSPS) is 21.5. The van der Waals surface area contributed by atoms with Crippen molar-refractivity contribution in [1.29, 1.82) is 0 Å². The molecule has 2 amide bonds. The van der Waals surface area contributed by atoms with Crippen molar-refractivity contribution in [2.75, 3.05) is 6.54 Å². The molecule has 3 nitrogen and oxygen atoms in total. The number of nitrogens with one attached hydrogen (secondary N) is 1. The van der Waals surface area contributed by atoms with Crippen LogP contribution in [0, 0.1) is 0 Å². The smallest absolute Gasteiger partial charge is 0.318 e. The van der Waals surface area contributed by atoms with Crippen molar-refractivity contribution in [1.82, 2.24) is 10.2 Å². The molecule has 0 aromatic carbocycles. The summed E-state index contributed by atoms with van der Waals surface area (Å²) in [5, 5.41) is 5.14. The van der Waals surface area contributed by atoms with Crippen LogP contribution in [0.1, 0.15) is 44.0 Å². The van der Waals surface area contributed by atoms with E-state index in [0.29, 0.717) is 6.04 Å². The van der Waals surface area contributed by atoms with Gasteiger partial charge in [0.05, 0.1) is 6.04 Å². The Morgan fingerprint density at radius 1 is 1.71 bits per heavy atom. The van der Waals surface area contributed by atoms with Crippen LogP contribution in [0.15, 0.2) is 17.5 Å². The third kappa shape index (κ3) is 2.80. The van der Waals surface area contributed by atoms with Gasteiger partial charge in [0.15, 0.2) is 0 Å². The summed E-state index contributed by atoms with van der Waals surface area (Å²) in [6, 6.07) is 4.83. The molecule has 1 fully saturated rings. The van der Waals surface area contributed by atoms with Crippen LogP contribution in [-0.4, -0.2) is 23.5 Å². The van der Waals surface area contributed by atoms with Gasteiger partial charge in [-0.05, 0) is 37.6 Å². The van der Waals surface area contributed by atoms with Gasteiger partial charge in [-0.2, -0.15) is 0 Å². The molecule has 0 spiro atoms. The predicted octanol–water partition coefficient (Wildman–Crippen LogP) is 3.39. The highest BCUT2D eigenvalue weighted by atomic mass is 32.1. The first-order valence-corrected chi connectivity index (χ1v) is 7.21. The van der Waals surface area contributed by atoms with E-state index in [1.165, 1.54) is 4.88 Å². The zero-order valence-corrected chi connectivity index (χ0v) is 11.3. The predicted molar refractivity (Wildman–Crippen MR) is 71.3 cm³/mol. The fourth-order valence-electron chi connectivity index (χ4n) is 2.18. The van der Waals surface area contributed by atoms with E-state index in [1.807, 2.05) is 11.8 Å². The molecule has 1 N–H and O–H groups in total. The van der Waals surface area contributed by atoms with Gasteiger partial charge in [0.25, 0.3) is 0 Å². The molecule has 2 rings (SSSR count). The van der Waals surface area contributed by atoms with Gasteiger partial charge < -0.3 is 10.2 Å². The van der Waals surface area contributed by atoms with Crippen molar-refractivity contribution >= 4 is 17.4 Å². The molecule has 1 saturated heterocycles. The summed E-state index contributed by atoms with van der Waals surface area (Å²) >= 11 is 1.74. The highest BCUT2D eigenvalue weighted by molar-refractivity contribution is 7.10. The van der Waals surface area contributed by atoms with Gasteiger partial charge in [0.2, 0.25) is 0 Å². The van der Waals surface area contributed by atoms with Crippen molar-refractivity contribution in [2.24, 2.45) is 0 Å². The maximum Gasteiger partial charge on any atom is 0.318 e. The lowest BCUT2D eigenvalue weighted by Gasteiger charge is -2.25. The molecule has 4 heteroatoms. The van der Waals surface area contributed by atoms with Crippen LogP contribution in [-0.2, 0) is 0 Å². The molecule has 94 valence electrons. The second-order valence-corrected chi connectivity index (χ2v) is 5.60. The molecule has 17 heavy (non-hydrogen) atoms. The van der Waals surface area contributed by atoms with Gasteiger partial charge in [-0.25, -0.2) is 4.79 Å². The zero-order chi connectivity index (χ0) is 12.3. The number of hydrogen-bond donors (Lipinski definition) is 1. The Bertz CT molecular complexity index is 364. The molecule has 0 saturated carbocycles. The maximum atomic E-state index is 12.1. The van der Waals surface area contributed by atoms with Gasteiger partial charge in [0.1, 0.15) is 0 Å². The van der Waals surface area contributed by atoms with Crippen molar-refractivity contribution in [3.8, 4) is 0 Å². The Kier molecular flexibility index (Phi) is 4.05. The minimum atomic E-state index is 0.0928. The lowest BCUT2D eigenvalue weighted by atomic mass is 10.2. The summed E-state index contributed by atoms with van der Waals surface area (Å²) in [6.45, 7) is 5.02. The van der Waals surface area contributed by atoms with Crippen molar-refractivity contribution in [2.45, 2.75) is 45.2 Å². The summed E-state index contributed by atoms with van der Waals surface area (Å²) < 4.78 is 0. The van der Waals surface area contributed by atoms with E-state index < -0.39 is 0 Å². The highest BCUT2D eigenvalue weighted by Crippen LogP contribution is 2.34. The summed E-state index contributed by atoms with van der Waals surface area (Å²) in [5.41, 5.74) is 0. The van der Waals surface area contributed by atoms with E-state index >= 15 is 0 Å². The third-order valence-electron chi connectivity index (χ3n) is 3.37. The SMILES string of the molecule is CCC(C)NC(=O)N1CCCC1c1cccs1. The van der Waals surface area contributed by atoms with E-state index in [9.17, 15) is 4.79 Å². The summed E-state index contributed by atoms with van der Waals surface area (Å²) in [4.78, 5) is 15.4. The lowest BCUT2D eigenvalue weighted by molar-refractivity contribution is 0.190. The molecule has 1 aliphatic heterocycles. The van der Waals surface area contributed by atoms with Crippen LogP contribution in [0.3, 0.4) is 0 Å². The van der Waals surface area contributed by atoms with Crippen LogP contribution in [0.25, 0.3) is 0 Å². The number of carbonyl (C=O) groups is 1. The number of thiophene rings is 1. The molecular formula is C13H20N2OS. The molecule has 2 heterocycles. The Morgan fingerprint density at radius 2 is 2.53 bits per heavy atom. The molecule has 1 aliphatic rings. The van der Waals surface area contributed by atoms with E-state index in [0.717, 1.165) is 25.8 Å². The number of likely N-dealkylation sites (tertiary alicyclic amines) is 1. The Balaban J connectivity index is 2.02. The van der Waals surface area contributed by atoms with E-state index in [4.69, 9.17) is 0 Å². The number of rotatable bonds is 3. The Labute approximate surface area is 107 Å². The monoisotopic (exact) mass is 252 g/mol. The van der Waals surface area contributed by atoms with E-state index in [-0.39, 0.29) is 12.1 Å². The first-order chi connectivity index (χ1) is 8.22. The number of hydrogen-bond acceptors (Lipinski definition) is 2. The number of carbonyl (C=O) groups excluding carboxylic acids is 1. The molecule has 0 radical (unpaired) electrons. The van der Waals surface area contributed by atoms with Crippen LogP contribution >= 0.6 is 11.3 Å². The molecule has 1 aromatic heterocycles. The average molecular weight is 252 g/mol. The summed E-state index contributed by atoms with van der Waals surface area (Å²) in [7, 11) is 0. The summed E-state index contributed by atoms with van der Waals surface area (Å²) in [5.74, 6) is 0. The number of nitrogens with zero attached hydrogens (tertiary/aromatic N) is 1. The van der Waals surface area contributed by atoms with Crippen LogP contribution < -0.4 is 5.32 Å². The number of urea groups is 1. The minimum absolute atomic E-state index is 0.0928. The quantitative estimate of drug-likeness (QED) is 0.878. The summed E-state index contributed by atoms with van der Waals surface area (Å²) in [6.07, 6.45) is 3.17. The fourth-order valence-corrected chi connectivity index (χ4v) is 3.06. The van der Waals surface area contributed by atoms with Crippen LogP contribution in [0.2, 0.25) is 0 Å². The van der Waals surface area contributed by atoms with Gasteiger partial charge >= 0.3 is 6.03 Å². The topological polar surface area (TPSA) is 32.3 Å². The second-order valence-electron chi connectivity index (χ2n) is 4.63. The third-order valence-corrected chi connectivity index (χ3v) is 4.34. The Morgan fingerprint density at radius 3 is 3.18 bits per heavy atom. The van der Waals surface area contributed by atoms with Crippen molar-refractivity contribution < 1.29 is 4.79 Å². The number of amides is 2. The first kappa shape index (κ1) is 12.4. The highest BCUT2D eigenvalue weighted by Gasteiger charge is 2.30. The molecule has 0 bridgehead atoms. The van der Waals surface area contributed by atoms with E-state index in [2.05, 4.69) is 29.8 Å². The molecule has 2 atom stereocenters. The van der Waals surface area contributed by atoms with E-state index in [1.54, 1.807) is 11.3 Å². The van der Waals surface area contributed by atoms with Crippen molar-refractivity contribution in [3.05, 3.63) is 22.4 Å². The largest absolute Gasteiger partial charge is 0.336 e.